The number of alkyl halides is 2. The van der Waals surface area contributed by atoms with Crippen LogP contribution in [-0.2, 0) is 17.8 Å². The molecule has 0 spiro atoms. The third kappa shape index (κ3) is 5.49. The quantitative estimate of drug-likeness (QED) is 0.626. The molecule has 0 atom stereocenters. The standard InChI is InChI=1S/C21H24F2N4O2/c1-4-24-20(28)10-18-16-12-27(26-17(16)7-8-25-18)11-15-5-6-19(14(2)9-15)29-13-21(3,22)23/h5-9,12H,4,10-11,13H2,1-3H3,(H,24,28). The average molecular weight is 402 g/mol. The van der Waals surface area contributed by atoms with E-state index in [1.54, 1.807) is 23.0 Å². The molecule has 1 amide bonds. The zero-order chi connectivity index (χ0) is 21.0. The maximum atomic E-state index is 13.0. The lowest BCUT2D eigenvalue weighted by Crippen LogP contribution is -2.24. The summed E-state index contributed by atoms with van der Waals surface area (Å²) in [5.41, 5.74) is 3.19. The molecule has 3 aromatic rings. The van der Waals surface area contributed by atoms with E-state index in [4.69, 9.17) is 4.74 Å². The predicted octanol–water partition coefficient (Wildman–Crippen LogP) is 3.50. The van der Waals surface area contributed by atoms with Crippen molar-refractivity contribution >= 4 is 16.8 Å². The lowest BCUT2D eigenvalue weighted by molar-refractivity contribution is -0.120. The first-order chi connectivity index (χ1) is 13.7. The number of amides is 1. The fourth-order valence-corrected chi connectivity index (χ4v) is 3.05. The third-order valence-corrected chi connectivity index (χ3v) is 4.33. The second-order valence-corrected chi connectivity index (χ2v) is 7.11. The Kier molecular flexibility index (Phi) is 6.10. The van der Waals surface area contributed by atoms with Gasteiger partial charge in [-0.1, -0.05) is 12.1 Å². The topological polar surface area (TPSA) is 69.0 Å². The van der Waals surface area contributed by atoms with Crippen LogP contribution >= 0.6 is 0 Å². The monoisotopic (exact) mass is 402 g/mol. The highest BCUT2D eigenvalue weighted by molar-refractivity contribution is 5.86. The zero-order valence-electron chi connectivity index (χ0n) is 16.7. The molecule has 0 aliphatic rings. The van der Waals surface area contributed by atoms with E-state index in [-0.39, 0.29) is 12.3 Å². The summed E-state index contributed by atoms with van der Waals surface area (Å²) >= 11 is 0. The van der Waals surface area contributed by atoms with E-state index in [1.807, 2.05) is 32.2 Å². The number of pyridine rings is 1. The average Bonchev–Trinajstić information content (AvgIpc) is 3.04. The van der Waals surface area contributed by atoms with Crippen LogP contribution in [0.25, 0.3) is 10.9 Å². The van der Waals surface area contributed by atoms with E-state index in [9.17, 15) is 13.6 Å². The Bertz CT molecular complexity index is 1010. The number of likely N-dealkylation sites (N-methyl/N-ethyl adjacent to an activating group) is 1. The van der Waals surface area contributed by atoms with Gasteiger partial charge in [0.2, 0.25) is 5.91 Å². The van der Waals surface area contributed by atoms with Gasteiger partial charge in [0, 0.05) is 31.2 Å². The van der Waals surface area contributed by atoms with Gasteiger partial charge >= 0.3 is 0 Å². The number of halogens is 2. The molecule has 0 saturated carbocycles. The maximum Gasteiger partial charge on any atom is 0.278 e. The largest absolute Gasteiger partial charge is 0.487 e. The highest BCUT2D eigenvalue weighted by Gasteiger charge is 2.22. The number of fused-ring (bicyclic) bond motifs is 1. The van der Waals surface area contributed by atoms with E-state index < -0.39 is 12.5 Å². The highest BCUT2D eigenvalue weighted by atomic mass is 19.3. The van der Waals surface area contributed by atoms with Crippen LogP contribution in [0.1, 0.15) is 30.7 Å². The van der Waals surface area contributed by atoms with Crippen molar-refractivity contribution in [2.75, 3.05) is 13.2 Å². The number of carbonyl (C=O) groups excluding carboxylic acids is 1. The van der Waals surface area contributed by atoms with Crippen LogP contribution in [0.3, 0.4) is 0 Å². The fraction of sp³-hybridized carbons (Fsp3) is 0.381. The van der Waals surface area contributed by atoms with Gasteiger partial charge < -0.3 is 10.1 Å². The van der Waals surface area contributed by atoms with Gasteiger partial charge in [-0.05, 0) is 37.1 Å². The van der Waals surface area contributed by atoms with Crippen LogP contribution in [0.5, 0.6) is 5.75 Å². The minimum absolute atomic E-state index is 0.0795. The number of carbonyl (C=O) groups is 1. The van der Waals surface area contributed by atoms with Crippen molar-refractivity contribution < 1.29 is 18.3 Å². The van der Waals surface area contributed by atoms with E-state index in [2.05, 4.69) is 15.4 Å². The Balaban J connectivity index is 1.76. The molecule has 1 aromatic carbocycles. The molecule has 3 rings (SSSR count). The second-order valence-electron chi connectivity index (χ2n) is 7.11. The Labute approximate surface area is 167 Å². The van der Waals surface area contributed by atoms with Crippen molar-refractivity contribution in [3.8, 4) is 5.75 Å². The van der Waals surface area contributed by atoms with Crippen molar-refractivity contribution in [2.45, 2.75) is 39.7 Å². The van der Waals surface area contributed by atoms with Crippen molar-refractivity contribution in [3.63, 3.8) is 0 Å². The molecule has 0 saturated heterocycles. The van der Waals surface area contributed by atoms with E-state index >= 15 is 0 Å². The third-order valence-electron chi connectivity index (χ3n) is 4.33. The number of hydrogen-bond acceptors (Lipinski definition) is 4. The maximum absolute atomic E-state index is 13.0. The molecular formula is C21H24F2N4O2. The lowest BCUT2D eigenvalue weighted by Gasteiger charge is -2.14. The first-order valence-corrected chi connectivity index (χ1v) is 9.43. The van der Waals surface area contributed by atoms with Gasteiger partial charge in [0.25, 0.3) is 5.92 Å². The molecule has 154 valence electrons. The zero-order valence-corrected chi connectivity index (χ0v) is 16.7. The minimum Gasteiger partial charge on any atom is -0.487 e. The summed E-state index contributed by atoms with van der Waals surface area (Å²) in [7, 11) is 0. The number of rotatable bonds is 8. The summed E-state index contributed by atoms with van der Waals surface area (Å²) in [4.78, 5) is 16.2. The van der Waals surface area contributed by atoms with Crippen molar-refractivity contribution in [3.05, 3.63) is 53.5 Å². The molecule has 6 nitrogen and oxygen atoms in total. The van der Waals surface area contributed by atoms with E-state index in [0.717, 1.165) is 29.0 Å². The molecular weight excluding hydrogens is 378 g/mol. The van der Waals surface area contributed by atoms with Crippen LogP contribution in [0.15, 0.2) is 36.7 Å². The first-order valence-electron chi connectivity index (χ1n) is 9.43. The van der Waals surface area contributed by atoms with E-state index in [0.29, 0.717) is 24.5 Å². The van der Waals surface area contributed by atoms with Crippen molar-refractivity contribution in [2.24, 2.45) is 0 Å². The molecule has 0 aliphatic carbocycles. The number of aromatic nitrogens is 3. The summed E-state index contributed by atoms with van der Waals surface area (Å²) in [5, 5.41) is 8.16. The number of nitrogens with one attached hydrogen (secondary N) is 1. The first kappa shape index (κ1) is 20.7. The van der Waals surface area contributed by atoms with Crippen LogP contribution in [0, 0.1) is 6.92 Å². The van der Waals surface area contributed by atoms with Gasteiger partial charge in [0.05, 0.1) is 24.2 Å². The Hall–Kier alpha value is -3.03. The molecule has 2 heterocycles. The van der Waals surface area contributed by atoms with Gasteiger partial charge in [-0.2, -0.15) is 5.10 Å². The summed E-state index contributed by atoms with van der Waals surface area (Å²) in [5.74, 6) is -2.52. The van der Waals surface area contributed by atoms with E-state index in [1.165, 1.54) is 0 Å². The molecule has 0 radical (unpaired) electrons. The molecule has 1 N–H and O–H groups in total. The fourth-order valence-electron chi connectivity index (χ4n) is 3.05. The number of aryl methyl sites for hydroxylation is 1. The second kappa shape index (κ2) is 8.55. The molecule has 0 fully saturated rings. The van der Waals surface area contributed by atoms with Crippen molar-refractivity contribution in [1.82, 2.24) is 20.1 Å². The molecule has 29 heavy (non-hydrogen) atoms. The number of hydrogen-bond donors (Lipinski definition) is 1. The minimum atomic E-state index is -2.87. The van der Waals surface area contributed by atoms with Gasteiger partial charge in [-0.3, -0.25) is 14.5 Å². The molecule has 2 aromatic heterocycles. The lowest BCUT2D eigenvalue weighted by atomic mass is 10.1. The Morgan fingerprint density at radius 2 is 2.10 bits per heavy atom. The molecule has 0 aliphatic heterocycles. The smallest absolute Gasteiger partial charge is 0.278 e. The summed E-state index contributed by atoms with van der Waals surface area (Å²) in [6, 6.07) is 7.22. The summed E-state index contributed by atoms with van der Waals surface area (Å²) in [6.07, 6.45) is 3.71. The van der Waals surface area contributed by atoms with Crippen molar-refractivity contribution in [1.29, 1.82) is 0 Å². The van der Waals surface area contributed by atoms with Gasteiger partial charge in [-0.25, -0.2) is 8.78 Å². The summed E-state index contributed by atoms with van der Waals surface area (Å²) in [6.45, 7) is 4.94. The van der Waals surface area contributed by atoms with Crippen LogP contribution in [0.2, 0.25) is 0 Å². The van der Waals surface area contributed by atoms with Gasteiger partial charge in [-0.15, -0.1) is 0 Å². The number of nitrogens with zero attached hydrogens (tertiary/aromatic N) is 3. The van der Waals surface area contributed by atoms with Crippen LogP contribution < -0.4 is 10.1 Å². The molecule has 0 unspecified atom stereocenters. The number of ether oxygens (including phenoxy) is 1. The molecule has 8 heteroatoms. The number of benzene rings is 1. The van der Waals surface area contributed by atoms with Gasteiger partial charge in [0.15, 0.2) is 6.61 Å². The Morgan fingerprint density at radius 1 is 1.31 bits per heavy atom. The summed E-state index contributed by atoms with van der Waals surface area (Å²) < 4.78 is 33.0. The normalized spacial score (nSPS) is 11.6. The van der Waals surface area contributed by atoms with Crippen LogP contribution in [-0.4, -0.2) is 39.7 Å². The predicted molar refractivity (Wildman–Crippen MR) is 106 cm³/mol. The highest BCUT2D eigenvalue weighted by Crippen LogP contribution is 2.23. The Morgan fingerprint density at radius 3 is 2.79 bits per heavy atom. The van der Waals surface area contributed by atoms with Crippen LogP contribution in [0.4, 0.5) is 8.78 Å². The molecule has 0 bridgehead atoms. The SMILES string of the molecule is CCNC(=O)Cc1nccc2nn(Cc3ccc(OCC(C)(F)F)c(C)c3)cc12. The van der Waals surface area contributed by atoms with Gasteiger partial charge in [0.1, 0.15) is 5.75 Å².